The third kappa shape index (κ3) is 2.64. The van der Waals surface area contributed by atoms with Crippen LogP contribution in [0, 0.1) is 0 Å². The molecule has 82 valence electrons. The van der Waals surface area contributed by atoms with Crippen LogP contribution in [0.4, 0.5) is 0 Å². The molecule has 16 heavy (non-hydrogen) atoms. The number of pyridine rings is 2. The first kappa shape index (κ1) is 10.8. The molecule has 0 aromatic carbocycles. The van der Waals surface area contributed by atoms with Gasteiger partial charge < -0.3 is 5.73 Å². The van der Waals surface area contributed by atoms with Crippen LogP contribution in [0.3, 0.4) is 0 Å². The Hall–Kier alpha value is -1.74. The lowest BCUT2D eigenvalue weighted by Crippen LogP contribution is -2.00. The zero-order chi connectivity index (χ0) is 11.2. The molecule has 0 fully saturated rings. The fraction of sp³-hybridized carbons (Fsp3) is 0.231. The Morgan fingerprint density at radius 2 is 1.88 bits per heavy atom. The number of nitrogens with two attached hydrogens (primary N) is 1. The average Bonchev–Trinajstić information content (AvgIpc) is 2.38. The van der Waals surface area contributed by atoms with Crippen molar-refractivity contribution in [2.24, 2.45) is 5.73 Å². The molecule has 0 bridgehead atoms. The number of hydrogen-bond donors (Lipinski definition) is 1. The summed E-state index contributed by atoms with van der Waals surface area (Å²) >= 11 is 0. The summed E-state index contributed by atoms with van der Waals surface area (Å²) in [7, 11) is 0. The van der Waals surface area contributed by atoms with Gasteiger partial charge in [0.15, 0.2) is 0 Å². The molecular formula is C13H15N3. The summed E-state index contributed by atoms with van der Waals surface area (Å²) in [4.78, 5) is 8.61. The highest BCUT2D eigenvalue weighted by molar-refractivity contribution is 5.54. The first-order chi connectivity index (χ1) is 7.90. The summed E-state index contributed by atoms with van der Waals surface area (Å²) in [6, 6.07) is 9.95. The molecule has 0 aliphatic carbocycles. The summed E-state index contributed by atoms with van der Waals surface area (Å²) < 4.78 is 0. The van der Waals surface area contributed by atoms with Gasteiger partial charge in [-0.05, 0) is 49.2 Å². The zero-order valence-electron chi connectivity index (χ0n) is 9.13. The third-order valence-corrected chi connectivity index (χ3v) is 2.42. The van der Waals surface area contributed by atoms with E-state index in [1.165, 1.54) is 5.56 Å². The van der Waals surface area contributed by atoms with Gasteiger partial charge in [-0.25, -0.2) is 0 Å². The maximum atomic E-state index is 5.50. The van der Waals surface area contributed by atoms with E-state index >= 15 is 0 Å². The van der Waals surface area contributed by atoms with E-state index in [-0.39, 0.29) is 0 Å². The highest BCUT2D eigenvalue weighted by Crippen LogP contribution is 2.15. The quantitative estimate of drug-likeness (QED) is 0.845. The zero-order valence-corrected chi connectivity index (χ0v) is 9.13. The second-order valence-electron chi connectivity index (χ2n) is 3.66. The molecule has 0 atom stereocenters. The van der Waals surface area contributed by atoms with Crippen molar-refractivity contribution in [1.82, 2.24) is 9.97 Å². The summed E-state index contributed by atoms with van der Waals surface area (Å²) in [5.41, 5.74) is 8.60. The smallest absolute Gasteiger partial charge is 0.0888 e. The van der Waals surface area contributed by atoms with Gasteiger partial charge in [0.25, 0.3) is 0 Å². The van der Waals surface area contributed by atoms with E-state index in [0.29, 0.717) is 0 Å². The van der Waals surface area contributed by atoms with Crippen molar-refractivity contribution in [3.63, 3.8) is 0 Å². The molecule has 0 saturated carbocycles. The van der Waals surface area contributed by atoms with E-state index in [0.717, 1.165) is 30.8 Å². The van der Waals surface area contributed by atoms with Gasteiger partial charge >= 0.3 is 0 Å². The lowest BCUT2D eigenvalue weighted by atomic mass is 10.1. The van der Waals surface area contributed by atoms with Crippen molar-refractivity contribution in [3.05, 3.63) is 48.3 Å². The minimum absolute atomic E-state index is 0.723. The molecule has 0 spiro atoms. The maximum Gasteiger partial charge on any atom is 0.0888 e. The van der Waals surface area contributed by atoms with Crippen molar-refractivity contribution < 1.29 is 0 Å². The highest BCUT2D eigenvalue weighted by atomic mass is 14.8. The van der Waals surface area contributed by atoms with Crippen LogP contribution in [-0.4, -0.2) is 16.5 Å². The van der Waals surface area contributed by atoms with E-state index in [4.69, 9.17) is 5.73 Å². The van der Waals surface area contributed by atoms with E-state index < -0.39 is 0 Å². The molecule has 0 saturated heterocycles. The molecule has 3 nitrogen and oxygen atoms in total. The summed E-state index contributed by atoms with van der Waals surface area (Å²) in [6.07, 6.45) is 5.62. The Balaban J connectivity index is 2.22. The van der Waals surface area contributed by atoms with Crippen LogP contribution in [-0.2, 0) is 6.42 Å². The standard InChI is InChI=1S/C13H15N3/c14-7-3-4-11-6-9-16-13(10-11)12-5-1-2-8-15-12/h1-2,5-6,8-10H,3-4,7,14H2. The van der Waals surface area contributed by atoms with Crippen molar-refractivity contribution >= 4 is 0 Å². The second kappa shape index (κ2) is 5.37. The van der Waals surface area contributed by atoms with Crippen LogP contribution in [0.5, 0.6) is 0 Å². The SMILES string of the molecule is NCCCc1ccnc(-c2ccccn2)c1. The van der Waals surface area contributed by atoms with Crippen LogP contribution in [0.25, 0.3) is 11.4 Å². The summed E-state index contributed by atoms with van der Waals surface area (Å²) in [6.45, 7) is 0.723. The Bertz CT molecular complexity index is 440. The van der Waals surface area contributed by atoms with E-state index in [2.05, 4.69) is 16.0 Å². The normalized spacial score (nSPS) is 10.3. The van der Waals surface area contributed by atoms with Crippen LogP contribution >= 0.6 is 0 Å². The van der Waals surface area contributed by atoms with Crippen LogP contribution in [0.1, 0.15) is 12.0 Å². The molecule has 0 radical (unpaired) electrons. The Morgan fingerprint density at radius 1 is 1.00 bits per heavy atom. The predicted octanol–water partition coefficient (Wildman–Crippen LogP) is 2.03. The molecular weight excluding hydrogens is 198 g/mol. The summed E-state index contributed by atoms with van der Waals surface area (Å²) in [5.74, 6) is 0. The van der Waals surface area contributed by atoms with Gasteiger partial charge in [-0.3, -0.25) is 9.97 Å². The van der Waals surface area contributed by atoms with Gasteiger partial charge in [0.2, 0.25) is 0 Å². The number of aryl methyl sites for hydroxylation is 1. The number of rotatable bonds is 4. The highest BCUT2D eigenvalue weighted by Gasteiger charge is 2.00. The van der Waals surface area contributed by atoms with E-state index in [1.54, 1.807) is 6.20 Å². The number of hydrogen-bond acceptors (Lipinski definition) is 3. The molecule has 3 heteroatoms. The number of aromatic nitrogens is 2. The fourth-order valence-corrected chi connectivity index (χ4v) is 1.59. The molecule has 2 rings (SSSR count). The van der Waals surface area contributed by atoms with Crippen LogP contribution in [0.15, 0.2) is 42.7 Å². The topological polar surface area (TPSA) is 51.8 Å². The Labute approximate surface area is 95.4 Å². The molecule has 0 unspecified atom stereocenters. The molecule has 0 aliphatic heterocycles. The van der Waals surface area contributed by atoms with Crippen molar-refractivity contribution in [2.45, 2.75) is 12.8 Å². The van der Waals surface area contributed by atoms with Crippen LogP contribution in [0.2, 0.25) is 0 Å². The molecule has 2 aromatic rings. The lowest BCUT2D eigenvalue weighted by Gasteiger charge is -2.03. The maximum absolute atomic E-state index is 5.50. The van der Waals surface area contributed by atoms with Crippen molar-refractivity contribution in [2.75, 3.05) is 6.54 Å². The Kier molecular flexibility index (Phi) is 3.62. The largest absolute Gasteiger partial charge is 0.330 e. The molecule has 0 aliphatic rings. The minimum atomic E-state index is 0.723. The van der Waals surface area contributed by atoms with Gasteiger partial charge in [-0.1, -0.05) is 6.07 Å². The average molecular weight is 213 g/mol. The summed E-state index contributed by atoms with van der Waals surface area (Å²) in [5, 5.41) is 0. The van der Waals surface area contributed by atoms with Gasteiger partial charge in [0.05, 0.1) is 11.4 Å². The number of nitrogens with zero attached hydrogens (tertiary/aromatic N) is 2. The first-order valence-electron chi connectivity index (χ1n) is 5.46. The molecule has 0 amide bonds. The molecule has 2 aromatic heterocycles. The molecule has 2 N–H and O–H groups in total. The molecule has 2 heterocycles. The second-order valence-corrected chi connectivity index (χ2v) is 3.66. The minimum Gasteiger partial charge on any atom is -0.330 e. The third-order valence-electron chi connectivity index (χ3n) is 2.42. The lowest BCUT2D eigenvalue weighted by molar-refractivity contribution is 0.831. The van der Waals surface area contributed by atoms with Gasteiger partial charge in [-0.15, -0.1) is 0 Å². The van der Waals surface area contributed by atoms with Gasteiger partial charge in [0.1, 0.15) is 0 Å². The van der Waals surface area contributed by atoms with E-state index in [9.17, 15) is 0 Å². The van der Waals surface area contributed by atoms with Gasteiger partial charge in [-0.2, -0.15) is 0 Å². The van der Waals surface area contributed by atoms with Crippen LogP contribution < -0.4 is 5.73 Å². The predicted molar refractivity (Wildman–Crippen MR) is 64.8 cm³/mol. The Morgan fingerprint density at radius 3 is 2.62 bits per heavy atom. The monoisotopic (exact) mass is 213 g/mol. The van der Waals surface area contributed by atoms with Crippen molar-refractivity contribution in [3.8, 4) is 11.4 Å². The van der Waals surface area contributed by atoms with E-state index in [1.807, 2.05) is 30.5 Å². The van der Waals surface area contributed by atoms with Gasteiger partial charge in [0, 0.05) is 12.4 Å². The fourth-order valence-electron chi connectivity index (χ4n) is 1.59. The van der Waals surface area contributed by atoms with Crippen molar-refractivity contribution in [1.29, 1.82) is 0 Å². The first-order valence-corrected chi connectivity index (χ1v) is 5.46.